The van der Waals surface area contributed by atoms with Crippen molar-refractivity contribution in [1.29, 1.82) is 0 Å². The number of nitrogens with one attached hydrogen (secondary N) is 1. The zero-order chi connectivity index (χ0) is 17.0. The Morgan fingerprint density at radius 1 is 1.09 bits per heavy atom. The molecule has 0 unspecified atom stereocenters. The quantitative estimate of drug-likeness (QED) is 0.885. The van der Waals surface area contributed by atoms with Gasteiger partial charge in [-0.3, -0.25) is 9.59 Å². The van der Waals surface area contributed by atoms with Crippen LogP contribution in [0.3, 0.4) is 0 Å². The van der Waals surface area contributed by atoms with E-state index in [0.717, 1.165) is 11.1 Å². The third-order valence-electron chi connectivity index (χ3n) is 4.05. The summed E-state index contributed by atoms with van der Waals surface area (Å²) < 4.78 is 0. The molecule has 23 heavy (non-hydrogen) atoms. The minimum Gasteiger partial charge on any atom is -0.481 e. The number of rotatable bonds is 5. The highest BCUT2D eigenvalue weighted by molar-refractivity contribution is 5.96. The number of aliphatic carboxylic acids is 1. The Labute approximate surface area is 136 Å². The van der Waals surface area contributed by atoms with E-state index in [-0.39, 0.29) is 12.3 Å². The normalized spacial score (nSPS) is 13.2. The number of carboxylic acid groups (broad SMARTS) is 1. The molecule has 0 aliphatic rings. The summed E-state index contributed by atoms with van der Waals surface area (Å²) in [7, 11) is 0. The topological polar surface area (TPSA) is 66.4 Å². The van der Waals surface area contributed by atoms with Crippen LogP contribution < -0.4 is 5.32 Å². The van der Waals surface area contributed by atoms with Crippen molar-refractivity contribution in [2.24, 2.45) is 0 Å². The largest absolute Gasteiger partial charge is 0.481 e. The second-order valence-corrected chi connectivity index (χ2v) is 6.05. The van der Waals surface area contributed by atoms with Crippen LogP contribution in [0, 0.1) is 13.8 Å². The van der Waals surface area contributed by atoms with Gasteiger partial charge >= 0.3 is 5.97 Å². The number of amides is 1. The maximum absolute atomic E-state index is 12.4. The molecule has 0 saturated carbocycles. The van der Waals surface area contributed by atoms with Gasteiger partial charge in [-0.05, 0) is 38.0 Å². The molecule has 0 aliphatic heterocycles. The molecule has 2 aromatic rings. The highest BCUT2D eigenvalue weighted by Gasteiger charge is 2.37. The fourth-order valence-corrected chi connectivity index (χ4v) is 2.58. The van der Waals surface area contributed by atoms with Crippen molar-refractivity contribution < 1.29 is 14.7 Å². The molecule has 1 atom stereocenters. The molecule has 4 nitrogen and oxygen atoms in total. The Morgan fingerprint density at radius 3 is 2.30 bits per heavy atom. The Kier molecular flexibility index (Phi) is 4.84. The first kappa shape index (κ1) is 16.7. The molecule has 0 saturated heterocycles. The van der Waals surface area contributed by atoms with E-state index in [0.29, 0.717) is 11.3 Å². The van der Waals surface area contributed by atoms with Crippen LogP contribution >= 0.6 is 0 Å². The van der Waals surface area contributed by atoms with Gasteiger partial charge in [0.2, 0.25) is 5.91 Å². The molecule has 2 aromatic carbocycles. The number of carbonyl (C=O) groups is 2. The fraction of sp³-hybridized carbons (Fsp3) is 0.263. The summed E-state index contributed by atoms with van der Waals surface area (Å²) >= 11 is 0. The van der Waals surface area contributed by atoms with Gasteiger partial charge in [0.15, 0.2) is 0 Å². The molecule has 4 heteroatoms. The van der Waals surface area contributed by atoms with E-state index < -0.39 is 11.4 Å². The average Bonchev–Trinajstić information content (AvgIpc) is 2.50. The zero-order valence-corrected chi connectivity index (χ0v) is 13.6. The van der Waals surface area contributed by atoms with Crippen LogP contribution in [0.4, 0.5) is 5.69 Å². The standard InChI is InChI=1S/C19H21NO3/c1-13-9-10-16(14(2)11-13)20-17(21)12-19(3,18(22)23)15-7-5-4-6-8-15/h4-11H,12H2,1-3H3,(H,20,21)(H,22,23)/t19-/m1/s1. The lowest BCUT2D eigenvalue weighted by molar-refractivity contribution is -0.145. The van der Waals surface area contributed by atoms with Crippen LogP contribution in [0.5, 0.6) is 0 Å². The maximum atomic E-state index is 12.4. The van der Waals surface area contributed by atoms with Crippen LogP contribution in [-0.2, 0) is 15.0 Å². The zero-order valence-electron chi connectivity index (χ0n) is 13.6. The second kappa shape index (κ2) is 6.65. The van der Waals surface area contributed by atoms with Gasteiger partial charge < -0.3 is 10.4 Å². The monoisotopic (exact) mass is 311 g/mol. The number of hydrogen-bond acceptors (Lipinski definition) is 2. The lowest BCUT2D eigenvalue weighted by Gasteiger charge is -2.25. The van der Waals surface area contributed by atoms with Crippen LogP contribution in [0.25, 0.3) is 0 Å². The minimum atomic E-state index is -1.26. The van der Waals surface area contributed by atoms with Gasteiger partial charge in [-0.25, -0.2) is 0 Å². The first-order chi connectivity index (χ1) is 10.8. The van der Waals surface area contributed by atoms with E-state index in [9.17, 15) is 14.7 Å². The summed E-state index contributed by atoms with van der Waals surface area (Å²) in [5.41, 5.74) is 2.13. The van der Waals surface area contributed by atoms with Crippen molar-refractivity contribution >= 4 is 17.6 Å². The Morgan fingerprint density at radius 2 is 1.74 bits per heavy atom. The SMILES string of the molecule is Cc1ccc(NC(=O)C[C@@](C)(C(=O)O)c2ccccc2)c(C)c1. The fourth-order valence-electron chi connectivity index (χ4n) is 2.58. The molecule has 2 N–H and O–H groups in total. The lowest BCUT2D eigenvalue weighted by atomic mass is 9.79. The van der Waals surface area contributed by atoms with Crippen LogP contribution in [-0.4, -0.2) is 17.0 Å². The molecular weight excluding hydrogens is 290 g/mol. The first-order valence-corrected chi connectivity index (χ1v) is 7.49. The summed E-state index contributed by atoms with van der Waals surface area (Å²) in [6.45, 7) is 5.47. The number of carboxylic acids is 1. The van der Waals surface area contributed by atoms with Crippen molar-refractivity contribution in [2.75, 3.05) is 5.32 Å². The third kappa shape index (κ3) is 3.77. The molecule has 0 fully saturated rings. The molecule has 0 aliphatic carbocycles. The van der Waals surface area contributed by atoms with Crippen LogP contribution in [0.15, 0.2) is 48.5 Å². The van der Waals surface area contributed by atoms with Crippen molar-refractivity contribution in [3.63, 3.8) is 0 Å². The van der Waals surface area contributed by atoms with Crippen molar-refractivity contribution in [3.8, 4) is 0 Å². The van der Waals surface area contributed by atoms with Gasteiger partial charge in [-0.15, -0.1) is 0 Å². The van der Waals surface area contributed by atoms with E-state index in [1.807, 2.05) is 38.1 Å². The van der Waals surface area contributed by atoms with E-state index in [1.54, 1.807) is 31.2 Å². The summed E-state index contributed by atoms with van der Waals surface area (Å²) in [6, 6.07) is 14.6. The molecule has 1 amide bonds. The Hall–Kier alpha value is -2.62. The summed E-state index contributed by atoms with van der Waals surface area (Å²) in [5, 5.41) is 12.4. The van der Waals surface area contributed by atoms with Gasteiger partial charge in [0.05, 0.1) is 5.41 Å². The molecule has 0 heterocycles. The number of anilines is 1. The van der Waals surface area contributed by atoms with E-state index >= 15 is 0 Å². The van der Waals surface area contributed by atoms with Crippen molar-refractivity contribution in [2.45, 2.75) is 32.6 Å². The summed E-state index contributed by atoms with van der Waals surface area (Å²) in [4.78, 5) is 24.1. The molecular formula is C19H21NO3. The van der Waals surface area contributed by atoms with Gasteiger partial charge in [0.25, 0.3) is 0 Å². The smallest absolute Gasteiger partial charge is 0.314 e. The molecule has 120 valence electrons. The number of carbonyl (C=O) groups excluding carboxylic acids is 1. The van der Waals surface area contributed by atoms with Gasteiger partial charge in [-0.1, -0.05) is 48.0 Å². The molecule has 0 spiro atoms. The number of benzene rings is 2. The molecule has 0 radical (unpaired) electrons. The number of hydrogen-bond donors (Lipinski definition) is 2. The van der Waals surface area contributed by atoms with E-state index in [2.05, 4.69) is 5.32 Å². The molecule has 0 aromatic heterocycles. The van der Waals surface area contributed by atoms with Crippen molar-refractivity contribution in [1.82, 2.24) is 0 Å². The predicted molar refractivity (Wildman–Crippen MR) is 90.6 cm³/mol. The van der Waals surface area contributed by atoms with Crippen molar-refractivity contribution in [3.05, 3.63) is 65.2 Å². The molecule has 2 rings (SSSR count). The average molecular weight is 311 g/mol. The Bertz CT molecular complexity index is 725. The highest BCUT2D eigenvalue weighted by Crippen LogP contribution is 2.29. The third-order valence-corrected chi connectivity index (χ3v) is 4.05. The highest BCUT2D eigenvalue weighted by atomic mass is 16.4. The first-order valence-electron chi connectivity index (χ1n) is 7.49. The van der Waals surface area contributed by atoms with Crippen LogP contribution in [0.2, 0.25) is 0 Å². The summed E-state index contributed by atoms with van der Waals surface area (Å²) in [5.74, 6) is -1.33. The summed E-state index contributed by atoms with van der Waals surface area (Å²) in [6.07, 6.45) is -0.125. The van der Waals surface area contributed by atoms with E-state index in [4.69, 9.17) is 0 Å². The minimum absolute atomic E-state index is 0.125. The lowest BCUT2D eigenvalue weighted by Crippen LogP contribution is -2.36. The molecule has 0 bridgehead atoms. The Balaban J connectivity index is 2.20. The van der Waals surface area contributed by atoms with E-state index in [1.165, 1.54) is 0 Å². The number of aryl methyl sites for hydroxylation is 2. The maximum Gasteiger partial charge on any atom is 0.314 e. The predicted octanol–water partition coefficient (Wildman–Crippen LogP) is 3.67. The van der Waals surface area contributed by atoms with Gasteiger partial charge in [0.1, 0.15) is 0 Å². The second-order valence-electron chi connectivity index (χ2n) is 6.05. The van der Waals surface area contributed by atoms with Crippen LogP contribution in [0.1, 0.15) is 30.0 Å². The van der Waals surface area contributed by atoms with Gasteiger partial charge in [0, 0.05) is 12.1 Å². The van der Waals surface area contributed by atoms with Gasteiger partial charge in [-0.2, -0.15) is 0 Å².